The highest BCUT2D eigenvalue weighted by atomic mass is 35.5. The molecule has 0 radical (unpaired) electrons. The molecule has 0 atom stereocenters. The smallest absolute Gasteiger partial charge is 0.130 e. The van der Waals surface area contributed by atoms with Crippen LogP contribution in [-0.4, -0.2) is 23.4 Å². The minimum atomic E-state index is 0.561. The van der Waals surface area contributed by atoms with E-state index in [0.29, 0.717) is 6.04 Å². The average Bonchev–Trinajstić information content (AvgIpc) is 2.43. The summed E-state index contributed by atoms with van der Waals surface area (Å²) in [7, 11) is 1.95. The van der Waals surface area contributed by atoms with Crippen molar-refractivity contribution in [2.75, 3.05) is 13.6 Å². The van der Waals surface area contributed by atoms with Crippen molar-refractivity contribution in [3.8, 4) is 0 Å². The van der Waals surface area contributed by atoms with Crippen LogP contribution >= 0.6 is 11.6 Å². The Labute approximate surface area is 89.4 Å². The van der Waals surface area contributed by atoms with Crippen LogP contribution in [0.3, 0.4) is 0 Å². The Kier molecular flexibility index (Phi) is 3.08. The maximum Gasteiger partial charge on any atom is 0.130 e. The van der Waals surface area contributed by atoms with Gasteiger partial charge in [-0.25, -0.2) is 0 Å². The Morgan fingerprint density at radius 2 is 2.43 bits per heavy atom. The third kappa shape index (κ3) is 1.79. The molecule has 4 heteroatoms. The molecule has 0 aromatic carbocycles. The molecule has 2 rings (SSSR count). The zero-order valence-corrected chi connectivity index (χ0v) is 9.22. The zero-order chi connectivity index (χ0) is 9.97. The highest BCUT2D eigenvalue weighted by Crippen LogP contribution is 2.34. The molecule has 14 heavy (non-hydrogen) atoms. The number of likely N-dealkylation sites (N-methyl/N-ethyl adjacent to an activating group) is 1. The first-order valence-electron chi connectivity index (χ1n) is 5.19. The predicted molar refractivity (Wildman–Crippen MR) is 57.8 cm³/mol. The van der Waals surface area contributed by atoms with E-state index in [1.165, 1.54) is 19.3 Å². The van der Waals surface area contributed by atoms with E-state index in [2.05, 4.69) is 10.4 Å². The first-order valence-corrected chi connectivity index (χ1v) is 5.57. The third-order valence-corrected chi connectivity index (χ3v) is 3.28. The fourth-order valence-corrected chi connectivity index (χ4v) is 2.02. The lowest BCUT2D eigenvalue weighted by molar-refractivity contribution is 0.289. The topological polar surface area (TPSA) is 29.9 Å². The molecule has 0 saturated heterocycles. The Bertz CT molecular complexity index is 304. The van der Waals surface area contributed by atoms with Gasteiger partial charge in [0.2, 0.25) is 0 Å². The summed E-state index contributed by atoms with van der Waals surface area (Å²) in [5.74, 6) is 0. The Morgan fingerprint density at radius 1 is 1.64 bits per heavy atom. The fourth-order valence-electron chi connectivity index (χ4n) is 1.70. The number of rotatable bonds is 4. The van der Waals surface area contributed by atoms with E-state index in [-0.39, 0.29) is 0 Å². The molecule has 0 unspecified atom stereocenters. The second-order valence-corrected chi connectivity index (χ2v) is 4.20. The van der Waals surface area contributed by atoms with Crippen molar-refractivity contribution in [3.63, 3.8) is 0 Å². The van der Waals surface area contributed by atoms with Crippen LogP contribution in [0.15, 0.2) is 6.20 Å². The summed E-state index contributed by atoms with van der Waals surface area (Å²) in [5.41, 5.74) is 1.16. The molecule has 1 aliphatic carbocycles. The molecule has 78 valence electrons. The first kappa shape index (κ1) is 9.99. The van der Waals surface area contributed by atoms with Gasteiger partial charge in [-0.2, -0.15) is 5.10 Å². The summed E-state index contributed by atoms with van der Waals surface area (Å²) in [6, 6.07) is 0.561. The summed E-state index contributed by atoms with van der Waals surface area (Å²) in [6.45, 7) is 0.954. The van der Waals surface area contributed by atoms with Gasteiger partial charge in [-0.1, -0.05) is 11.6 Å². The van der Waals surface area contributed by atoms with Gasteiger partial charge in [0, 0.05) is 5.56 Å². The number of nitrogens with zero attached hydrogens (tertiary/aromatic N) is 2. The van der Waals surface area contributed by atoms with Crippen molar-refractivity contribution in [3.05, 3.63) is 16.9 Å². The van der Waals surface area contributed by atoms with Crippen LogP contribution in [0.25, 0.3) is 0 Å². The van der Waals surface area contributed by atoms with Gasteiger partial charge in [0.05, 0.1) is 12.2 Å². The van der Waals surface area contributed by atoms with E-state index in [0.717, 1.165) is 23.7 Å². The van der Waals surface area contributed by atoms with Gasteiger partial charge in [-0.05, 0) is 39.3 Å². The average molecular weight is 214 g/mol. The molecule has 1 heterocycles. The standard InChI is InChI=1S/C10H16ClN3/c1-12-6-5-8-7-13-14(10(8)11)9-3-2-4-9/h7,9,12H,2-6H2,1H3. The van der Waals surface area contributed by atoms with Crippen molar-refractivity contribution in [1.82, 2.24) is 15.1 Å². The van der Waals surface area contributed by atoms with Crippen LogP contribution in [0.5, 0.6) is 0 Å². The largest absolute Gasteiger partial charge is 0.319 e. The number of hydrogen-bond donors (Lipinski definition) is 1. The van der Waals surface area contributed by atoms with Gasteiger partial charge in [0.1, 0.15) is 5.15 Å². The molecule has 0 amide bonds. The molecule has 1 fully saturated rings. The van der Waals surface area contributed by atoms with Crippen molar-refractivity contribution in [1.29, 1.82) is 0 Å². The normalized spacial score (nSPS) is 17.0. The second-order valence-electron chi connectivity index (χ2n) is 3.84. The van der Waals surface area contributed by atoms with Crippen LogP contribution in [0.4, 0.5) is 0 Å². The quantitative estimate of drug-likeness (QED) is 0.830. The van der Waals surface area contributed by atoms with Gasteiger partial charge in [0.15, 0.2) is 0 Å². The van der Waals surface area contributed by atoms with Crippen molar-refractivity contribution >= 4 is 11.6 Å². The lowest BCUT2D eigenvalue weighted by atomic mass is 9.93. The monoisotopic (exact) mass is 213 g/mol. The van der Waals surface area contributed by atoms with Crippen molar-refractivity contribution < 1.29 is 0 Å². The van der Waals surface area contributed by atoms with Crippen LogP contribution in [0, 0.1) is 0 Å². The minimum absolute atomic E-state index is 0.561. The summed E-state index contributed by atoms with van der Waals surface area (Å²) in [5, 5.41) is 8.30. The van der Waals surface area contributed by atoms with Crippen LogP contribution in [0.1, 0.15) is 30.9 Å². The molecule has 3 nitrogen and oxygen atoms in total. The summed E-state index contributed by atoms with van der Waals surface area (Å²) in [6.07, 6.45) is 6.63. The zero-order valence-electron chi connectivity index (χ0n) is 8.46. The van der Waals surface area contributed by atoms with Crippen LogP contribution in [0.2, 0.25) is 5.15 Å². The Balaban J connectivity index is 2.06. The van der Waals surface area contributed by atoms with Crippen LogP contribution < -0.4 is 5.32 Å². The number of aromatic nitrogens is 2. The summed E-state index contributed by atoms with van der Waals surface area (Å²) >= 11 is 6.24. The molecule has 0 aliphatic heterocycles. The third-order valence-electron chi connectivity index (χ3n) is 2.87. The van der Waals surface area contributed by atoms with Gasteiger partial charge in [0.25, 0.3) is 0 Å². The molecule has 1 aromatic heterocycles. The molecule has 0 spiro atoms. The molecule has 0 bridgehead atoms. The lowest BCUT2D eigenvalue weighted by Crippen LogP contribution is -2.18. The molecule has 1 N–H and O–H groups in total. The highest BCUT2D eigenvalue weighted by molar-refractivity contribution is 6.30. The Hall–Kier alpha value is -0.540. The van der Waals surface area contributed by atoms with Crippen molar-refractivity contribution in [2.24, 2.45) is 0 Å². The highest BCUT2D eigenvalue weighted by Gasteiger charge is 2.23. The predicted octanol–water partition coefficient (Wildman–Crippen LogP) is 2.02. The number of halogens is 1. The molecule has 1 saturated carbocycles. The van der Waals surface area contributed by atoms with E-state index in [9.17, 15) is 0 Å². The van der Waals surface area contributed by atoms with Gasteiger partial charge < -0.3 is 5.32 Å². The second kappa shape index (κ2) is 4.32. The molecular formula is C10H16ClN3. The minimum Gasteiger partial charge on any atom is -0.319 e. The van der Waals surface area contributed by atoms with Crippen LogP contribution in [-0.2, 0) is 6.42 Å². The maximum absolute atomic E-state index is 6.24. The van der Waals surface area contributed by atoms with Crippen molar-refractivity contribution in [2.45, 2.75) is 31.7 Å². The number of hydrogen-bond acceptors (Lipinski definition) is 2. The summed E-state index contributed by atoms with van der Waals surface area (Å²) in [4.78, 5) is 0. The van der Waals surface area contributed by atoms with E-state index in [1.807, 2.05) is 17.9 Å². The number of nitrogens with one attached hydrogen (secondary N) is 1. The Morgan fingerprint density at radius 3 is 3.00 bits per heavy atom. The van der Waals surface area contributed by atoms with E-state index in [1.54, 1.807) is 0 Å². The lowest BCUT2D eigenvalue weighted by Gasteiger charge is -2.26. The van der Waals surface area contributed by atoms with Gasteiger partial charge in [-0.15, -0.1) is 0 Å². The maximum atomic E-state index is 6.24. The fraction of sp³-hybridized carbons (Fsp3) is 0.700. The molecule has 1 aromatic rings. The van der Waals surface area contributed by atoms with E-state index >= 15 is 0 Å². The summed E-state index contributed by atoms with van der Waals surface area (Å²) < 4.78 is 1.98. The molecule has 1 aliphatic rings. The van der Waals surface area contributed by atoms with E-state index < -0.39 is 0 Å². The molecular weight excluding hydrogens is 198 g/mol. The van der Waals surface area contributed by atoms with Gasteiger partial charge >= 0.3 is 0 Å². The first-order chi connectivity index (χ1) is 6.83. The SMILES string of the molecule is CNCCc1cnn(C2CCC2)c1Cl. The van der Waals surface area contributed by atoms with E-state index in [4.69, 9.17) is 11.6 Å². The van der Waals surface area contributed by atoms with Gasteiger partial charge in [-0.3, -0.25) is 4.68 Å².